The highest BCUT2D eigenvalue weighted by molar-refractivity contribution is 4.93. The molecule has 2 aliphatic carbocycles. The zero-order valence-electron chi connectivity index (χ0n) is 7.86. The molecule has 0 radical (unpaired) electrons. The molecule has 2 rings (SSSR count). The van der Waals surface area contributed by atoms with E-state index in [1.54, 1.807) is 0 Å². The van der Waals surface area contributed by atoms with Crippen molar-refractivity contribution in [3.05, 3.63) is 0 Å². The minimum Gasteiger partial charge on any atom is -0.311 e. The molecule has 0 bridgehead atoms. The van der Waals surface area contributed by atoms with Crippen LogP contribution in [-0.2, 0) is 0 Å². The fourth-order valence-corrected chi connectivity index (χ4v) is 2.38. The first-order chi connectivity index (χ1) is 6.16. The summed E-state index contributed by atoms with van der Waals surface area (Å²) in [6.45, 7) is 0. The summed E-state index contributed by atoms with van der Waals surface area (Å²) in [6, 6.07) is 0.618. The van der Waals surface area contributed by atoms with E-state index in [9.17, 15) is 8.78 Å². The van der Waals surface area contributed by atoms with E-state index in [4.69, 9.17) is 0 Å². The Kier molecular flexibility index (Phi) is 2.54. The van der Waals surface area contributed by atoms with E-state index in [1.807, 2.05) is 0 Å². The highest BCUT2D eigenvalue weighted by Gasteiger charge is 2.45. The van der Waals surface area contributed by atoms with Gasteiger partial charge in [-0.1, -0.05) is 19.3 Å². The Labute approximate surface area is 77.9 Å². The molecule has 0 aromatic carbocycles. The number of alkyl halides is 2. The number of rotatable bonds is 2. The summed E-state index contributed by atoms with van der Waals surface area (Å²) in [5.74, 6) is -2.37. The van der Waals surface area contributed by atoms with Gasteiger partial charge in [0.15, 0.2) is 0 Å². The van der Waals surface area contributed by atoms with Gasteiger partial charge in [-0.2, -0.15) is 0 Å². The van der Waals surface area contributed by atoms with Crippen LogP contribution in [0.2, 0.25) is 0 Å². The van der Waals surface area contributed by atoms with Gasteiger partial charge in [-0.15, -0.1) is 0 Å². The average Bonchev–Trinajstić information content (AvgIpc) is 2.03. The van der Waals surface area contributed by atoms with Gasteiger partial charge in [0.25, 0.3) is 5.92 Å². The van der Waals surface area contributed by atoms with Crippen LogP contribution in [0.1, 0.15) is 44.9 Å². The normalized spacial score (nSPS) is 30.0. The predicted octanol–water partition coefficient (Wildman–Crippen LogP) is 2.71. The zero-order valence-corrected chi connectivity index (χ0v) is 7.86. The van der Waals surface area contributed by atoms with Gasteiger partial charge in [0.2, 0.25) is 0 Å². The third-order valence-electron chi connectivity index (χ3n) is 3.17. The van der Waals surface area contributed by atoms with Crippen LogP contribution in [0.4, 0.5) is 8.78 Å². The maximum atomic E-state index is 12.5. The number of hydrogen-bond acceptors (Lipinski definition) is 1. The lowest BCUT2D eigenvalue weighted by atomic mass is 9.86. The van der Waals surface area contributed by atoms with Crippen molar-refractivity contribution in [2.45, 2.75) is 63.0 Å². The second-order valence-corrected chi connectivity index (χ2v) is 4.46. The quantitative estimate of drug-likeness (QED) is 0.704. The maximum Gasteiger partial charge on any atom is 0.251 e. The van der Waals surface area contributed by atoms with Crippen molar-refractivity contribution in [2.24, 2.45) is 0 Å². The van der Waals surface area contributed by atoms with Crippen LogP contribution in [0.15, 0.2) is 0 Å². The van der Waals surface area contributed by atoms with Gasteiger partial charge in [-0.05, 0) is 12.8 Å². The molecule has 0 spiro atoms. The average molecular weight is 189 g/mol. The highest BCUT2D eigenvalue weighted by atomic mass is 19.3. The molecule has 0 saturated heterocycles. The standard InChI is InChI=1S/C10H17F2N/c11-10(12)6-9(7-10)13-8-4-2-1-3-5-8/h8-9,13H,1-7H2. The van der Waals surface area contributed by atoms with E-state index < -0.39 is 5.92 Å². The van der Waals surface area contributed by atoms with Crippen molar-refractivity contribution in [2.75, 3.05) is 0 Å². The molecule has 0 aromatic heterocycles. The molecule has 2 aliphatic rings. The molecule has 0 atom stereocenters. The molecule has 76 valence electrons. The Morgan fingerprint density at radius 1 is 0.923 bits per heavy atom. The van der Waals surface area contributed by atoms with E-state index in [1.165, 1.54) is 32.1 Å². The lowest BCUT2D eigenvalue weighted by Gasteiger charge is -2.39. The van der Waals surface area contributed by atoms with Crippen molar-refractivity contribution < 1.29 is 8.78 Å². The molecule has 13 heavy (non-hydrogen) atoms. The van der Waals surface area contributed by atoms with Crippen molar-refractivity contribution in [3.63, 3.8) is 0 Å². The van der Waals surface area contributed by atoms with Crippen LogP contribution in [0.3, 0.4) is 0 Å². The summed E-state index contributed by atoms with van der Waals surface area (Å²) in [5, 5.41) is 3.33. The Morgan fingerprint density at radius 2 is 1.54 bits per heavy atom. The van der Waals surface area contributed by atoms with Gasteiger partial charge in [0, 0.05) is 24.9 Å². The Bertz CT molecular complexity index is 168. The molecule has 0 amide bonds. The SMILES string of the molecule is FC1(F)CC(NC2CCCCC2)C1. The van der Waals surface area contributed by atoms with E-state index in [0.717, 1.165) is 0 Å². The molecule has 0 heterocycles. The molecule has 0 unspecified atom stereocenters. The van der Waals surface area contributed by atoms with Crippen LogP contribution in [0, 0.1) is 0 Å². The molecule has 1 nitrogen and oxygen atoms in total. The summed E-state index contributed by atoms with van der Waals surface area (Å²) in [5.41, 5.74) is 0. The minimum absolute atomic E-state index is 0.0590. The Morgan fingerprint density at radius 3 is 2.08 bits per heavy atom. The van der Waals surface area contributed by atoms with Crippen LogP contribution >= 0.6 is 0 Å². The van der Waals surface area contributed by atoms with Crippen molar-refractivity contribution in [3.8, 4) is 0 Å². The van der Waals surface area contributed by atoms with Crippen LogP contribution < -0.4 is 5.32 Å². The van der Waals surface area contributed by atoms with E-state index in [0.29, 0.717) is 6.04 Å². The Balaban J connectivity index is 1.68. The number of halogens is 2. The van der Waals surface area contributed by atoms with Gasteiger partial charge in [0.05, 0.1) is 0 Å². The summed E-state index contributed by atoms with van der Waals surface area (Å²) >= 11 is 0. The molecule has 2 saturated carbocycles. The second kappa shape index (κ2) is 3.52. The molecular weight excluding hydrogens is 172 g/mol. The topological polar surface area (TPSA) is 12.0 Å². The van der Waals surface area contributed by atoms with E-state index in [2.05, 4.69) is 5.32 Å². The van der Waals surface area contributed by atoms with Gasteiger partial charge in [-0.25, -0.2) is 8.78 Å². The van der Waals surface area contributed by atoms with E-state index in [-0.39, 0.29) is 18.9 Å². The fourth-order valence-electron chi connectivity index (χ4n) is 2.38. The van der Waals surface area contributed by atoms with Crippen molar-refractivity contribution in [1.82, 2.24) is 5.32 Å². The number of nitrogens with one attached hydrogen (secondary N) is 1. The van der Waals surface area contributed by atoms with Crippen molar-refractivity contribution in [1.29, 1.82) is 0 Å². The zero-order chi connectivity index (χ0) is 9.31. The third kappa shape index (κ3) is 2.39. The molecule has 1 N–H and O–H groups in total. The maximum absolute atomic E-state index is 12.5. The number of hydrogen-bond donors (Lipinski definition) is 1. The first-order valence-electron chi connectivity index (χ1n) is 5.30. The lowest BCUT2D eigenvalue weighted by Crippen LogP contribution is -2.52. The van der Waals surface area contributed by atoms with Crippen LogP contribution in [-0.4, -0.2) is 18.0 Å². The molecule has 0 aliphatic heterocycles. The van der Waals surface area contributed by atoms with Crippen LogP contribution in [0.25, 0.3) is 0 Å². The largest absolute Gasteiger partial charge is 0.311 e. The van der Waals surface area contributed by atoms with Gasteiger partial charge < -0.3 is 5.32 Å². The summed E-state index contributed by atoms with van der Waals surface area (Å²) in [6.07, 6.45) is 6.33. The summed E-state index contributed by atoms with van der Waals surface area (Å²) < 4.78 is 25.0. The lowest BCUT2D eigenvalue weighted by molar-refractivity contribution is -0.0953. The predicted molar refractivity (Wildman–Crippen MR) is 48.0 cm³/mol. The first-order valence-corrected chi connectivity index (χ1v) is 5.30. The molecule has 3 heteroatoms. The minimum atomic E-state index is -2.37. The van der Waals surface area contributed by atoms with Gasteiger partial charge in [-0.3, -0.25) is 0 Å². The van der Waals surface area contributed by atoms with Gasteiger partial charge in [0.1, 0.15) is 0 Å². The summed E-state index contributed by atoms with van der Waals surface area (Å²) in [4.78, 5) is 0. The molecular formula is C10H17F2N. The molecule has 0 aromatic rings. The smallest absolute Gasteiger partial charge is 0.251 e. The van der Waals surface area contributed by atoms with E-state index >= 15 is 0 Å². The van der Waals surface area contributed by atoms with Crippen molar-refractivity contribution >= 4 is 0 Å². The molecule has 2 fully saturated rings. The van der Waals surface area contributed by atoms with Gasteiger partial charge >= 0.3 is 0 Å². The third-order valence-corrected chi connectivity index (χ3v) is 3.17. The Hall–Kier alpha value is -0.180. The van der Waals surface area contributed by atoms with Crippen LogP contribution in [0.5, 0.6) is 0 Å². The fraction of sp³-hybridized carbons (Fsp3) is 1.00. The first kappa shape index (κ1) is 9.38. The summed E-state index contributed by atoms with van der Waals surface area (Å²) in [7, 11) is 0. The highest BCUT2D eigenvalue weighted by Crippen LogP contribution is 2.38. The monoisotopic (exact) mass is 189 g/mol. The second-order valence-electron chi connectivity index (χ2n) is 4.46.